The molecule has 0 heterocycles. The van der Waals surface area contributed by atoms with Gasteiger partial charge in [0.05, 0.1) is 6.61 Å². The fraction of sp³-hybridized carbons (Fsp3) is 0.500. The number of nitrogens with two attached hydrogens (primary N) is 1. The molecule has 0 aliphatic heterocycles. The third-order valence-corrected chi connectivity index (χ3v) is 2.97. The van der Waals surface area contributed by atoms with E-state index in [2.05, 4.69) is 29.8 Å². The van der Waals surface area contributed by atoms with Crippen LogP contribution in [0.15, 0.2) is 22.7 Å². The van der Waals surface area contributed by atoms with Crippen LogP contribution < -0.4 is 10.5 Å². The smallest absolute Gasteiger partial charge is 0.119 e. The summed E-state index contributed by atoms with van der Waals surface area (Å²) in [7, 11) is 0. The first kappa shape index (κ1) is 12.5. The maximum atomic E-state index is 5.64. The number of hydrogen-bond donors (Lipinski definition) is 1. The highest BCUT2D eigenvalue weighted by Crippen LogP contribution is 2.22. The summed E-state index contributed by atoms with van der Waals surface area (Å²) >= 11 is 3.45. The summed E-state index contributed by atoms with van der Waals surface area (Å²) in [5.41, 5.74) is 6.69. The summed E-state index contributed by atoms with van der Waals surface area (Å²) < 4.78 is 6.68. The number of benzene rings is 1. The summed E-state index contributed by atoms with van der Waals surface area (Å²) in [5.74, 6) is 1.58. The van der Waals surface area contributed by atoms with E-state index >= 15 is 0 Å². The molecule has 2 nitrogen and oxygen atoms in total. The Morgan fingerprint density at radius 2 is 2.13 bits per heavy atom. The van der Waals surface area contributed by atoms with Crippen molar-refractivity contribution in [3.05, 3.63) is 28.2 Å². The monoisotopic (exact) mass is 271 g/mol. The molecular formula is C12H18BrNO. The predicted molar refractivity (Wildman–Crippen MR) is 67.0 cm³/mol. The molecule has 1 rings (SSSR count). The second kappa shape index (κ2) is 6.13. The highest BCUT2D eigenvalue weighted by atomic mass is 79.9. The number of ether oxygens (including phenoxy) is 1. The van der Waals surface area contributed by atoms with E-state index in [-0.39, 0.29) is 0 Å². The van der Waals surface area contributed by atoms with Gasteiger partial charge in [-0.2, -0.15) is 0 Å². The maximum absolute atomic E-state index is 5.64. The molecule has 0 saturated carbocycles. The molecule has 0 bridgehead atoms. The molecule has 0 radical (unpaired) electrons. The average molecular weight is 272 g/mol. The fourth-order valence-corrected chi connectivity index (χ4v) is 1.62. The molecule has 0 aromatic heterocycles. The van der Waals surface area contributed by atoms with E-state index in [1.54, 1.807) is 0 Å². The lowest BCUT2D eigenvalue weighted by Crippen LogP contribution is -2.03. The second-order valence-electron chi connectivity index (χ2n) is 3.99. The summed E-state index contributed by atoms with van der Waals surface area (Å²) in [4.78, 5) is 0. The van der Waals surface area contributed by atoms with Crippen molar-refractivity contribution in [3.8, 4) is 5.75 Å². The normalized spacial score (nSPS) is 10.7. The molecule has 0 amide bonds. The number of hydrogen-bond acceptors (Lipinski definition) is 2. The Balaban J connectivity index is 2.54. The van der Waals surface area contributed by atoms with Gasteiger partial charge in [0, 0.05) is 11.0 Å². The van der Waals surface area contributed by atoms with E-state index in [0.29, 0.717) is 12.5 Å². The zero-order valence-corrected chi connectivity index (χ0v) is 10.9. The molecule has 1 aromatic carbocycles. The van der Waals surface area contributed by atoms with Crippen molar-refractivity contribution in [2.45, 2.75) is 26.8 Å². The average Bonchev–Trinajstić information content (AvgIpc) is 2.20. The van der Waals surface area contributed by atoms with Gasteiger partial charge in [0.1, 0.15) is 5.75 Å². The Morgan fingerprint density at radius 3 is 2.73 bits per heavy atom. The molecule has 15 heavy (non-hydrogen) atoms. The molecule has 0 aliphatic rings. The number of rotatable bonds is 5. The van der Waals surface area contributed by atoms with E-state index in [9.17, 15) is 0 Å². The molecule has 0 atom stereocenters. The number of halogens is 1. The first-order valence-electron chi connectivity index (χ1n) is 5.24. The first-order valence-corrected chi connectivity index (χ1v) is 6.04. The Hall–Kier alpha value is -0.540. The molecule has 2 N–H and O–H groups in total. The zero-order valence-electron chi connectivity index (χ0n) is 9.29. The third-order valence-electron chi connectivity index (χ3n) is 2.20. The third kappa shape index (κ3) is 4.22. The van der Waals surface area contributed by atoms with Crippen molar-refractivity contribution in [2.24, 2.45) is 11.7 Å². The van der Waals surface area contributed by atoms with Crippen molar-refractivity contribution in [3.63, 3.8) is 0 Å². The quantitative estimate of drug-likeness (QED) is 0.892. The molecular weight excluding hydrogens is 254 g/mol. The van der Waals surface area contributed by atoms with Crippen LogP contribution in [0, 0.1) is 5.92 Å². The van der Waals surface area contributed by atoms with Crippen LogP contribution in [0.3, 0.4) is 0 Å². The van der Waals surface area contributed by atoms with Crippen LogP contribution in [0.1, 0.15) is 25.8 Å². The minimum atomic E-state index is 0.530. The largest absolute Gasteiger partial charge is 0.494 e. The van der Waals surface area contributed by atoms with Crippen LogP contribution >= 0.6 is 15.9 Å². The lowest BCUT2D eigenvalue weighted by molar-refractivity contribution is 0.289. The van der Waals surface area contributed by atoms with E-state index in [0.717, 1.165) is 28.8 Å². The van der Waals surface area contributed by atoms with Gasteiger partial charge in [0.2, 0.25) is 0 Å². The molecule has 0 unspecified atom stereocenters. The van der Waals surface area contributed by atoms with Gasteiger partial charge in [-0.15, -0.1) is 0 Å². The molecule has 3 heteroatoms. The van der Waals surface area contributed by atoms with Crippen LogP contribution in [0.2, 0.25) is 0 Å². The molecule has 0 saturated heterocycles. The lowest BCUT2D eigenvalue weighted by atomic mass is 10.1. The molecule has 0 fully saturated rings. The maximum Gasteiger partial charge on any atom is 0.119 e. The van der Waals surface area contributed by atoms with Crippen molar-refractivity contribution in [2.75, 3.05) is 6.61 Å². The van der Waals surface area contributed by atoms with Crippen LogP contribution in [0.25, 0.3) is 0 Å². The van der Waals surface area contributed by atoms with E-state index in [4.69, 9.17) is 10.5 Å². The highest BCUT2D eigenvalue weighted by molar-refractivity contribution is 9.10. The Kier molecular flexibility index (Phi) is 5.12. The summed E-state index contributed by atoms with van der Waals surface area (Å²) in [6, 6.07) is 5.93. The van der Waals surface area contributed by atoms with Crippen LogP contribution in [0.5, 0.6) is 5.75 Å². The molecule has 1 aromatic rings. The minimum absolute atomic E-state index is 0.530. The van der Waals surface area contributed by atoms with Gasteiger partial charge in [-0.3, -0.25) is 0 Å². The summed E-state index contributed by atoms with van der Waals surface area (Å²) in [6.07, 6.45) is 1.08. The van der Waals surface area contributed by atoms with Crippen molar-refractivity contribution in [1.29, 1.82) is 0 Å². The SMILES string of the molecule is CC(C)CCOc1ccc(Br)c(CN)c1. The van der Waals surface area contributed by atoms with E-state index < -0.39 is 0 Å². The van der Waals surface area contributed by atoms with Gasteiger partial charge in [-0.1, -0.05) is 29.8 Å². The van der Waals surface area contributed by atoms with E-state index in [1.165, 1.54) is 0 Å². The first-order chi connectivity index (χ1) is 7.13. The van der Waals surface area contributed by atoms with Crippen LogP contribution in [0.4, 0.5) is 0 Å². The standard InChI is InChI=1S/C12H18BrNO/c1-9(2)5-6-15-11-3-4-12(13)10(7-11)8-14/h3-4,7,9H,5-6,8,14H2,1-2H3. The van der Waals surface area contributed by atoms with Crippen LogP contribution in [-0.4, -0.2) is 6.61 Å². The molecule has 84 valence electrons. The fourth-order valence-electron chi connectivity index (χ4n) is 1.21. The van der Waals surface area contributed by atoms with E-state index in [1.807, 2.05) is 18.2 Å². The lowest BCUT2D eigenvalue weighted by Gasteiger charge is -2.09. The van der Waals surface area contributed by atoms with Gasteiger partial charge in [0.15, 0.2) is 0 Å². The topological polar surface area (TPSA) is 35.2 Å². The Labute approximate surface area is 99.9 Å². The van der Waals surface area contributed by atoms with Gasteiger partial charge in [0.25, 0.3) is 0 Å². The summed E-state index contributed by atoms with van der Waals surface area (Å²) in [5, 5.41) is 0. The van der Waals surface area contributed by atoms with Gasteiger partial charge < -0.3 is 10.5 Å². The zero-order chi connectivity index (χ0) is 11.3. The van der Waals surface area contributed by atoms with Gasteiger partial charge >= 0.3 is 0 Å². The molecule has 0 aliphatic carbocycles. The molecule has 0 spiro atoms. The Morgan fingerprint density at radius 1 is 1.40 bits per heavy atom. The Bertz CT molecular complexity index is 312. The minimum Gasteiger partial charge on any atom is -0.494 e. The highest BCUT2D eigenvalue weighted by Gasteiger charge is 2.01. The van der Waals surface area contributed by atoms with Crippen LogP contribution in [-0.2, 0) is 6.54 Å². The summed E-state index contributed by atoms with van der Waals surface area (Å²) in [6.45, 7) is 5.68. The van der Waals surface area contributed by atoms with Gasteiger partial charge in [-0.25, -0.2) is 0 Å². The van der Waals surface area contributed by atoms with Gasteiger partial charge in [-0.05, 0) is 36.1 Å². The van der Waals surface area contributed by atoms with Crippen molar-refractivity contribution in [1.82, 2.24) is 0 Å². The predicted octanol–water partition coefficient (Wildman–Crippen LogP) is 3.33. The van der Waals surface area contributed by atoms with Crippen molar-refractivity contribution >= 4 is 15.9 Å². The second-order valence-corrected chi connectivity index (χ2v) is 4.84. The van der Waals surface area contributed by atoms with Crippen molar-refractivity contribution < 1.29 is 4.74 Å².